The van der Waals surface area contributed by atoms with Gasteiger partial charge < -0.3 is 10.4 Å². The zero-order valence-electron chi connectivity index (χ0n) is 9.75. The van der Waals surface area contributed by atoms with E-state index in [9.17, 15) is 18.3 Å². The number of halogens is 3. The molecular formula is C12H10F3N2NaOS. The fraction of sp³-hybridized carbons (Fsp3) is 0.167. The Balaban J connectivity index is 0.00000361. The molecule has 0 saturated carbocycles. The summed E-state index contributed by atoms with van der Waals surface area (Å²) in [5, 5.41) is 20.5. The summed E-state index contributed by atoms with van der Waals surface area (Å²) in [5.74, 6) is -0.257. The molecule has 1 rings (SSSR count). The van der Waals surface area contributed by atoms with E-state index in [1.165, 1.54) is 19.1 Å². The summed E-state index contributed by atoms with van der Waals surface area (Å²) in [7, 11) is 0. The molecule has 0 fully saturated rings. The van der Waals surface area contributed by atoms with Crippen molar-refractivity contribution in [1.29, 1.82) is 5.26 Å². The molecule has 8 heteroatoms. The Bertz CT molecular complexity index is 558. The van der Waals surface area contributed by atoms with E-state index in [4.69, 9.17) is 17.5 Å². The monoisotopic (exact) mass is 310 g/mol. The van der Waals surface area contributed by atoms with Crippen molar-refractivity contribution in [2.45, 2.75) is 13.1 Å². The molecule has 0 atom stereocenters. The van der Waals surface area contributed by atoms with Crippen LogP contribution in [0.2, 0.25) is 0 Å². The number of anilines is 1. The zero-order valence-corrected chi connectivity index (χ0v) is 10.6. The molecule has 20 heavy (non-hydrogen) atoms. The van der Waals surface area contributed by atoms with Gasteiger partial charge in [0.1, 0.15) is 22.4 Å². The van der Waals surface area contributed by atoms with Crippen molar-refractivity contribution in [3.8, 4) is 6.07 Å². The number of benzene rings is 1. The van der Waals surface area contributed by atoms with Crippen molar-refractivity contribution in [3.63, 3.8) is 0 Å². The molecule has 0 aliphatic heterocycles. The Morgan fingerprint density at radius 2 is 1.80 bits per heavy atom. The molecule has 0 aromatic heterocycles. The van der Waals surface area contributed by atoms with Gasteiger partial charge in [-0.25, -0.2) is 0 Å². The number of nitrogens with one attached hydrogen (secondary N) is 1. The van der Waals surface area contributed by atoms with Gasteiger partial charge in [0.25, 0.3) is 0 Å². The number of thiocarbonyl (C=S) groups is 1. The summed E-state index contributed by atoms with van der Waals surface area (Å²) >= 11 is 4.87. The molecular weight excluding hydrogens is 300 g/mol. The first-order valence-electron chi connectivity index (χ1n) is 5.04. The average molecular weight is 310 g/mol. The topological polar surface area (TPSA) is 56.0 Å². The second kappa shape index (κ2) is 7.64. The maximum atomic E-state index is 12.3. The molecule has 0 bridgehead atoms. The molecule has 0 radical (unpaired) electrons. The third-order valence-electron chi connectivity index (χ3n) is 2.17. The molecule has 0 unspecified atom stereocenters. The van der Waals surface area contributed by atoms with Gasteiger partial charge in [-0.3, -0.25) is 0 Å². The average Bonchev–Trinajstić information content (AvgIpc) is 2.28. The summed E-state index contributed by atoms with van der Waals surface area (Å²) in [5.41, 5.74) is -0.611. The predicted molar refractivity (Wildman–Crippen MR) is 75.8 cm³/mol. The number of nitrogens with zero attached hydrogens (tertiary/aromatic N) is 1. The Labute approximate surface area is 141 Å². The number of allylic oxidation sites excluding steroid dienone is 1. The number of hydrogen-bond donors (Lipinski definition) is 2. The molecule has 0 heterocycles. The summed E-state index contributed by atoms with van der Waals surface area (Å²) in [4.78, 5) is -0.0535. The molecule has 1 aromatic rings. The van der Waals surface area contributed by atoms with Crippen LogP contribution >= 0.6 is 12.2 Å². The fourth-order valence-electron chi connectivity index (χ4n) is 1.23. The van der Waals surface area contributed by atoms with Crippen LogP contribution in [0.3, 0.4) is 0 Å². The third-order valence-corrected chi connectivity index (χ3v) is 2.48. The van der Waals surface area contributed by atoms with Crippen LogP contribution in [0.1, 0.15) is 12.5 Å². The standard InChI is InChI=1S/C12H9F3N2OS.Na.H/c1-7(18)10(6-16)11(19)17-9-4-2-8(3-5-9)12(13,14)15;;/h2-5,18H,1H3,(H,17,19);;/b10-7-;;. The molecule has 0 amide bonds. The summed E-state index contributed by atoms with van der Waals surface area (Å²) in [6, 6.07) is 5.88. The van der Waals surface area contributed by atoms with Gasteiger partial charge >= 0.3 is 35.7 Å². The van der Waals surface area contributed by atoms with Gasteiger partial charge in [-0.15, -0.1) is 0 Å². The number of nitriles is 1. The van der Waals surface area contributed by atoms with E-state index in [1.807, 2.05) is 0 Å². The van der Waals surface area contributed by atoms with Crippen molar-refractivity contribution in [2.24, 2.45) is 0 Å². The van der Waals surface area contributed by atoms with E-state index in [0.717, 1.165) is 12.1 Å². The van der Waals surface area contributed by atoms with Gasteiger partial charge in [0.15, 0.2) is 0 Å². The SMILES string of the molecule is C/C(O)=C(\C#N)C(=S)Nc1ccc(C(F)(F)F)cc1.[NaH]. The van der Waals surface area contributed by atoms with Crippen LogP contribution in [0, 0.1) is 11.3 Å². The van der Waals surface area contributed by atoms with Crippen LogP contribution in [0.4, 0.5) is 18.9 Å². The third kappa shape index (κ3) is 5.13. The van der Waals surface area contributed by atoms with E-state index < -0.39 is 11.7 Å². The van der Waals surface area contributed by atoms with Gasteiger partial charge in [0.2, 0.25) is 0 Å². The fourth-order valence-corrected chi connectivity index (χ4v) is 1.54. The number of hydrogen-bond acceptors (Lipinski definition) is 3. The summed E-state index contributed by atoms with van der Waals surface area (Å²) in [6.07, 6.45) is -4.40. The second-order valence-corrected chi connectivity index (χ2v) is 4.01. The van der Waals surface area contributed by atoms with Crippen LogP contribution in [0.25, 0.3) is 0 Å². The first-order valence-corrected chi connectivity index (χ1v) is 5.45. The van der Waals surface area contributed by atoms with Crippen molar-refractivity contribution in [1.82, 2.24) is 0 Å². The van der Waals surface area contributed by atoms with E-state index in [2.05, 4.69) is 5.32 Å². The maximum absolute atomic E-state index is 12.3. The molecule has 0 saturated heterocycles. The predicted octanol–water partition coefficient (Wildman–Crippen LogP) is 3.15. The Morgan fingerprint density at radius 1 is 1.30 bits per heavy atom. The quantitative estimate of drug-likeness (QED) is 0.290. The minimum atomic E-state index is -4.40. The minimum absolute atomic E-state index is 0. The molecule has 0 aliphatic rings. The van der Waals surface area contributed by atoms with Crippen molar-refractivity contribution in [3.05, 3.63) is 41.2 Å². The summed E-state index contributed by atoms with van der Waals surface area (Å²) in [6.45, 7) is 1.29. The van der Waals surface area contributed by atoms with Gasteiger partial charge in [-0.2, -0.15) is 18.4 Å². The van der Waals surface area contributed by atoms with Crippen molar-refractivity contribution < 1.29 is 18.3 Å². The Morgan fingerprint density at radius 3 is 2.15 bits per heavy atom. The van der Waals surface area contributed by atoms with E-state index >= 15 is 0 Å². The van der Waals surface area contributed by atoms with Gasteiger partial charge in [-0.05, 0) is 31.2 Å². The molecule has 102 valence electrons. The molecule has 3 nitrogen and oxygen atoms in total. The molecule has 2 N–H and O–H groups in total. The summed E-state index contributed by atoms with van der Waals surface area (Å²) < 4.78 is 37.0. The van der Waals surface area contributed by atoms with Crippen LogP contribution in [0.15, 0.2) is 35.6 Å². The van der Waals surface area contributed by atoms with Crippen molar-refractivity contribution in [2.75, 3.05) is 5.32 Å². The first kappa shape index (κ1) is 18.9. The van der Waals surface area contributed by atoms with E-state index in [0.29, 0.717) is 5.69 Å². The Hall–Kier alpha value is -1.07. The van der Waals surface area contributed by atoms with E-state index in [1.54, 1.807) is 6.07 Å². The zero-order chi connectivity index (χ0) is 14.6. The number of aliphatic hydroxyl groups excluding tert-OH is 1. The van der Waals surface area contributed by atoms with Crippen LogP contribution < -0.4 is 5.32 Å². The van der Waals surface area contributed by atoms with Crippen molar-refractivity contribution >= 4 is 52.5 Å². The molecule has 1 aromatic carbocycles. The number of aliphatic hydroxyl groups is 1. The van der Waals surface area contributed by atoms with Crippen LogP contribution in [-0.4, -0.2) is 39.7 Å². The van der Waals surface area contributed by atoms with E-state index in [-0.39, 0.29) is 45.9 Å². The van der Waals surface area contributed by atoms with Crippen LogP contribution in [-0.2, 0) is 6.18 Å². The van der Waals surface area contributed by atoms with Gasteiger partial charge in [-0.1, -0.05) is 12.2 Å². The van der Waals surface area contributed by atoms with Gasteiger partial charge in [0.05, 0.1) is 5.56 Å². The first-order chi connectivity index (χ1) is 8.75. The normalized spacial score (nSPS) is 11.8. The number of rotatable bonds is 2. The van der Waals surface area contributed by atoms with Crippen LogP contribution in [0.5, 0.6) is 0 Å². The van der Waals surface area contributed by atoms with Gasteiger partial charge in [0, 0.05) is 5.69 Å². The number of alkyl halides is 3. The molecule has 0 aliphatic carbocycles. The molecule has 0 spiro atoms. The second-order valence-electron chi connectivity index (χ2n) is 3.60. The Kier molecular flexibility index (Phi) is 7.23.